The molecule has 2 heterocycles. The largest absolute Gasteiger partial charge is 0.497 e. The van der Waals surface area contributed by atoms with Crippen molar-refractivity contribution in [2.75, 3.05) is 12.4 Å². The molecule has 0 bridgehead atoms. The Hall–Kier alpha value is -2.65. The summed E-state index contributed by atoms with van der Waals surface area (Å²) in [6.07, 6.45) is 1.47. The predicted octanol–water partition coefficient (Wildman–Crippen LogP) is 2.84. The lowest BCUT2D eigenvalue weighted by atomic mass is 10.3. The van der Waals surface area contributed by atoms with Crippen LogP contribution >= 0.6 is 23.4 Å². The Balaban J connectivity index is 1.69. The van der Waals surface area contributed by atoms with Gasteiger partial charge in [-0.15, -0.1) is 5.10 Å². The fraction of sp³-hybridized carbons (Fsp3) is 0.188. The molecule has 2 aromatic heterocycles. The molecule has 26 heavy (non-hydrogen) atoms. The average Bonchev–Trinajstić information content (AvgIpc) is 3.11. The smallest absolute Gasteiger partial charge is 0.238 e. The summed E-state index contributed by atoms with van der Waals surface area (Å²) in [6, 6.07) is 10.6. The average molecular weight is 391 g/mol. The number of amides is 1. The summed E-state index contributed by atoms with van der Waals surface area (Å²) in [5.41, 5.74) is 0.769. The summed E-state index contributed by atoms with van der Waals surface area (Å²) in [5, 5.41) is 15.0. The summed E-state index contributed by atoms with van der Waals surface area (Å²) < 4.78 is 6.71. The van der Waals surface area contributed by atoms with Crippen LogP contribution < -0.4 is 10.1 Å². The maximum absolute atomic E-state index is 12.4. The van der Waals surface area contributed by atoms with Gasteiger partial charge in [-0.3, -0.25) is 4.79 Å². The predicted molar refractivity (Wildman–Crippen MR) is 98.9 cm³/mol. The number of thioether (sulfide) groups is 1. The number of nitrogens with one attached hydrogen (secondary N) is 1. The Morgan fingerprint density at radius 2 is 2.04 bits per heavy atom. The van der Waals surface area contributed by atoms with E-state index in [1.807, 2.05) is 24.3 Å². The number of anilines is 1. The number of nitrogens with zero attached hydrogens (tertiary/aromatic N) is 5. The summed E-state index contributed by atoms with van der Waals surface area (Å²) in [7, 11) is 1.60. The Morgan fingerprint density at radius 1 is 1.27 bits per heavy atom. The van der Waals surface area contributed by atoms with Crippen LogP contribution in [0.25, 0.3) is 5.69 Å². The molecular weight excluding hydrogens is 376 g/mol. The molecule has 0 fully saturated rings. The molecule has 134 valence electrons. The second-order valence-corrected chi connectivity index (χ2v) is 6.93. The minimum atomic E-state index is -0.435. The quantitative estimate of drug-likeness (QED) is 0.646. The topological polar surface area (TPSA) is 94.8 Å². The number of hydrogen-bond acceptors (Lipinski definition) is 7. The number of halogens is 1. The van der Waals surface area contributed by atoms with Crippen molar-refractivity contribution in [2.45, 2.75) is 17.3 Å². The normalized spacial score (nSPS) is 11.8. The van der Waals surface area contributed by atoms with Crippen LogP contribution in [0.1, 0.15) is 6.92 Å². The fourth-order valence-electron chi connectivity index (χ4n) is 2.03. The van der Waals surface area contributed by atoms with Crippen LogP contribution in [0.2, 0.25) is 5.02 Å². The maximum Gasteiger partial charge on any atom is 0.238 e. The highest BCUT2D eigenvalue weighted by molar-refractivity contribution is 8.00. The lowest BCUT2D eigenvalue weighted by Crippen LogP contribution is -2.23. The third kappa shape index (κ3) is 4.30. The van der Waals surface area contributed by atoms with Gasteiger partial charge < -0.3 is 10.1 Å². The molecule has 10 heteroatoms. The number of rotatable bonds is 6. The van der Waals surface area contributed by atoms with Crippen LogP contribution in [0, 0.1) is 0 Å². The van der Waals surface area contributed by atoms with Gasteiger partial charge in [0.15, 0.2) is 0 Å². The molecule has 0 saturated carbocycles. The van der Waals surface area contributed by atoms with E-state index >= 15 is 0 Å². The molecule has 0 aliphatic heterocycles. The summed E-state index contributed by atoms with van der Waals surface area (Å²) in [5.74, 6) is 0.954. The van der Waals surface area contributed by atoms with E-state index in [-0.39, 0.29) is 5.91 Å². The standard InChI is InChI=1S/C16H15ClN6O2S/c1-10(15(24)19-14-8-3-11(17)9-18-14)26-16-20-21-22-23(16)12-4-6-13(25-2)7-5-12/h3-10H,1-2H3,(H,18,19,24)/t10-/m1/s1. The van der Waals surface area contributed by atoms with Crippen molar-refractivity contribution in [3.63, 3.8) is 0 Å². The highest BCUT2D eigenvalue weighted by Crippen LogP contribution is 2.24. The zero-order valence-corrected chi connectivity index (χ0v) is 15.5. The Bertz CT molecular complexity index is 885. The van der Waals surface area contributed by atoms with Crippen LogP contribution in [-0.2, 0) is 4.79 Å². The molecule has 0 unspecified atom stereocenters. The lowest BCUT2D eigenvalue weighted by Gasteiger charge is -2.11. The lowest BCUT2D eigenvalue weighted by molar-refractivity contribution is -0.115. The third-order valence-corrected chi connectivity index (χ3v) is 4.64. The first-order valence-electron chi connectivity index (χ1n) is 7.58. The summed E-state index contributed by atoms with van der Waals surface area (Å²) in [6.45, 7) is 1.77. The minimum Gasteiger partial charge on any atom is -0.497 e. The van der Waals surface area contributed by atoms with Gasteiger partial charge in [0.25, 0.3) is 0 Å². The second kappa shape index (κ2) is 8.15. The monoisotopic (exact) mass is 390 g/mol. The molecule has 0 saturated heterocycles. The van der Waals surface area contributed by atoms with Gasteiger partial charge in [0, 0.05) is 6.20 Å². The zero-order chi connectivity index (χ0) is 18.5. The van der Waals surface area contributed by atoms with Crippen LogP contribution in [0.15, 0.2) is 47.8 Å². The highest BCUT2D eigenvalue weighted by Gasteiger charge is 2.19. The van der Waals surface area contributed by atoms with Gasteiger partial charge in [0.2, 0.25) is 11.1 Å². The molecule has 3 rings (SSSR count). The van der Waals surface area contributed by atoms with Crippen LogP contribution in [-0.4, -0.2) is 43.5 Å². The number of pyridine rings is 1. The summed E-state index contributed by atoms with van der Waals surface area (Å²) in [4.78, 5) is 16.4. The van der Waals surface area contributed by atoms with E-state index in [4.69, 9.17) is 16.3 Å². The second-order valence-electron chi connectivity index (χ2n) is 5.18. The van der Waals surface area contributed by atoms with Crippen molar-refractivity contribution in [1.29, 1.82) is 0 Å². The number of ether oxygens (including phenoxy) is 1. The Morgan fingerprint density at radius 3 is 2.69 bits per heavy atom. The molecule has 0 aliphatic carbocycles. The van der Waals surface area contributed by atoms with E-state index in [1.165, 1.54) is 18.0 Å². The van der Waals surface area contributed by atoms with Gasteiger partial charge in [-0.05, 0) is 53.7 Å². The fourth-order valence-corrected chi connectivity index (χ4v) is 2.95. The van der Waals surface area contributed by atoms with Gasteiger partial charge in [-0.25, -0.2) is 4.98 Å². The number of carbonyl (C=O) groups excluding carboxylic acids is 1. The van der Waals surface area contributed by atoms with Crippen molar-refractivity contribution in [3.8, 4) is 11.4 Å². The van der Waals surface area contributed by atoms with Gasteiger partial charge >= 0.3 is 0 Å². The minimum absolute atomic E-state index is 0.214. The van der Waals surface area contributed by atoms with Crippen LogP contribution in [0.3, 0.4) is 0 Å². The number of methoxy groups -OCH3 is 1. The number of benzene rings is 1. The molecule has 0 radical (unpaired) electrons. The van der Waals surface area contributed by atoms with E-state index < -0.39 is 5.25 Å². The van der Waals surface area contributed by atoms with Crippen LogP contribution in [0.5, 0.6) is 5.75 Å². The van der Waals surface area contributed by atoms with Crippen molar-refractivity contribution in [3.05, 3.63) is 47.6 Å². The number of tetrazole rings is 1. The van der Waals surface area contributed by atoms with E-state index in [2.05, 4.69) is 25.8 Å². The molecule has 1 aromatic carbocycles. The van der Waals surface area contributed by atoms with E-state index in [1.54, 1.807) is 30.8 Å². The molecule has 3 aromatic rings. The SMILES string of the molecule is COc1ccc(-n2nnnc2S[C@H](C)C(=O)Nc2ccc(Cl)cn2)cc1. The highest BCUT2D eigenvalue weighted by atomic mass is 35.5. The Labute approximate surface area is 158 Å². The van der Waals surface area contributed by atoms with Crippen molar-refractivity contribution in [2.24, 2.45) is 0 Å². The van der Waals surface area contributed by atoms with E-state index in [9.17, 15) is 4.79 Å². The number of hydrogen-bond donors (Lipinski definition) is 1. The van der Waals surface area contributed by atoms with Gasteiger partial charge in [0.1, 0.15) is 11.6 Å². The van der Waals surface area contributed by atoms with Crippen molar-refractivity contribution < 1.29 is 9.53 Å². The first kappa shape index (κ1) is 18.2. The Kier molecular flexibility index (Phi) is 5.69. The molecule has 0 spiro atoms. The molecule has 0 aliphatic rings. The number of aromatic nitrogens is 5. The maximum atomic E-state index is 12.4. The molecule has 1 N–H and O–H groups in total. The van der Waals surface area contributed by atoms with Crippen LogP contribution in [0.4, 0.5) is 5.82 Å². The van der Waals surface area contributed by atoms with Crippen molar-refractivity contribution in [1.82, 2.24) is 25.2 Å². The van der Waals surface area contributed by atoms with E-state index in [0.29, 0.717) is 16.0 Å². The van der Waals surface area contributed by atoms with Gasteiger partial charge in [-0.1, -0.05) is 23.4 Å². The summed E-state index contributed by atoms with van der Waals surface area (Å²) >= 11 is 7.03. The first-order chi connectivity index (χ1) is 12.6. The molecule has 8 nitrogen and oxygen atoms in total. The molecule has 1 amide bonds. The number of carbonyl (C=O) groups is 1. The van der Waals surface area contributed by atoms with Crippen molar-refractivity contribution >= 4 is 35.1 Å². The zero-order valence-electron chi connectivity index (χ0n) is 14.0. The third-order valence-electron chi connectivity index (χ3n) is 3.39. The van der Waals surface area contributed by atoms with Gasteiger partial charge in [0.05, 0.1) is 23.1 Å². The molecular formula is C16H15ClN6O2S. The first-order valence-corrected chi connectivity index (χ1v) is 8.84. The van der Waals surface area contributed by atoms with E-state index in [0.717, 1.165) is 11.4 Å². The van der Waals surface area contributed by atoms with Gasteiger partial charge in [-0.2, -0.15) is 4.68 Å². The molecule has 1 atom stereocenters.